The van der Waals surface area contributed by atoms with Gasteiger partial charge >= 0.3 is 0 Å². The Balaban J connectivity index is 1.17. The number of phenolic OH excluding ortho intramolecular Hbond substituents is 4. The van der Waals surface area contributed by atoms with Crippen molar-refractivity contribution in [1.82, 2.24) is 0 Å². The molecule has 0 amide bonds. The van der Waals surface area contributed by atoms with Crippen molar-refractivity contribution < 1.29 is 24.8 Å². The fourth-order valence-corrected chi connectivity index (χ4v) is 7.69. The van der Waals surface area contributed by atoms with Gasteiger partial charge in [0.2, 0.25) is 5.75 Å². The second-order valence-corrected chi connectivity index (χ2v) is 13.6. The van der Waals surface area contributed by atoms with Gasteiger partial charge in [-0.1, -0.05) is 111 Å². The molecule has 51 heavy (non-hydrogen) atoms. The van der Waals surface area contributed by atoms with Crippen LogP contribution < -0.4 is 4.90 Å². The van der Waals surface area contributed by atoms with Crippen LogP contribution in [0, 0.1) is 0 Å². The minimum absolute atomic E-state index is 0.0488. The third-order valence-corrected chi connectivity index (χ3v) is 10.3. The normalized spacial score (nSPS) is 13.0. The first-order valence-electron chi connectivity index (χ1n) is 16.8. The molecule has 0 spiro atoms. The first kappa shape index (κ1) is 30.4. The number of rotatable bonds is 5. The van der Waals surface area contributed by atoms with Crippen LogP contribution in [0.15, 0.2) is 144 Å². The van der Waals surface area contributed by atoms with E-state index < -0.39 is 22.7 Å². The minimum atomic E-state index is -0.713. The fourth-order valence-electron chi connectivity index (χ4n) is 7.69. The second-order valence-electron chi connectivity index (χ2n) is 13.6. The molecule has 0 unspecified atom stereocenters. The van der Waals surface area contributed by atoms with Crippen molar-refractivity contribution in [3.8, 4) is 56.4 Å². The van der Waals surface area contributed by atoms with Crippen LogP contribution in [-0.4, -0.2) is 20.4 Å². The largest absolute Gasteiger partial charge is 0.505 e. The zero-order valence-corrected chi connectivity index (χ0v) is 27.9. The Labute approximate surface area is 294 Å². The van der Waals surface area contributed by atoms with Gasteiger partial charge in [0.05, 0.1) is 0 Å². The summed E-state index contributed by atoms with van der Waals surface area (Å²) in [6.45, 7) is 4.40. The van der Waals surface area contributed by atoms with E-state index in [9.17, 15) is 20.4 Å². The quantitative estimate of drug-likeness (QED) is 0.108. The highest BCUT2D eigenvalue weighted by Crippen LogP contribution is 2.55. The average Bonchev–Trinajstić information content (AvgIpc) is 3.64. The SMILES string of the molecule is CC1(C)c2cc(-c3cccc4c3oc3ccccc34)ccc2-c2ccc(N(c3ccc(-c4ccccc4)cc3)c3c(O)cc(O)c(O)c3O)cc21. The van der Waals surface area contributed by atoms with Gasteiger partial charge in [-0.05, 0) is 75.3 Å². The first-order chi connectivity index (χ1) is 24.7. The summed E-state index contributed by atoms with van der Waals surface area (Å²) in [5.41, 5.74) is 11.2. The molecule has 1 heterocycles. The third-order valence-electron chi connectivity index (χ3n) is 10.3. The summed E-state index contributed by atoms with van der Waals surface area (Å²) in [5.74, 6) is -2.35. The van der Waals surface area contributed by atoms with Crippen molar-refractivity contribution in [1.29, 1.82) is 0 Å². The summed E-state index contributed by atoms with van der Waals surface area (Å²) in [5, 5.41) is 45.3. The van der Waals surface area contributed by atoms with E-state index in [0.29, 0.717) is 11.4 Å². The molecule has 1 aliphatic rings. The average molecular weight is 668 g/mol. The number of fused-ring (bicyclic) bond motifs is 6. The number of anilines is 3. The van der Waals surface area contributed by atoms with Gasteiger partial charge in [-0.15, -0.1) is 0 Å². The van der Waals surface area contributed by atoms with Gasteiger partial charge in [0.1, 0.15) is 22.6 Å². The van der Waals surface area contributed by atoms with Crippen molar-refractivity contribution in [3.63, 3.8) is 0 Å². The van der Waals surface area contributed by atoms with Crippen LogP contribution in [0.3, 0.4) is 0 Å². The Morgan fingerprint density at radius 3 is 1.90 bits per heavy atom. The van der Waals surface area contributed by atoms with Crippen LogP contribution in [0.1, 0.15) is 25.0 Å². The molecule has 0 fully saturated rings. The summed E-state index contributed by atoms with van der Waals surface area (Å²) in [6.07, 6.45) is 0. The molecule has 4 N–H and O–H groups in total. The molecule has 1 aliphatic carbocycles. The number of para-hydroxylation sites is 2. The molecule has 0 radical (unpaired) electrons. The highest BCUT2D eigenvalue weighted by Gasteiger charge is 2.37. The van der Waals surface area contributed by atoms with Crippen molar-refractivity contribution in [2.75, 3.05) is 4.90 Å². The summed E-state index contributed by atoms with van der Waals surface area (Å²) in [7, 11) is 0. The van der Waals surface area contributed by atoms with E-state index in [0.717, 1.165) is 66.9 Å². The molecule has 248 valence electrons. The maximum Gasteiger partial charge on any atom is 0.202 e. The molecular formula is C45H33NO5. The highest BCUT2D eigenvalue weighted by molar-refractivity contribution is 6.09. The van der Waals surface area contributed by atoms with E-state index in [1.165, 1.54) is 5.56 Å². The number of phenols is 4. The highest BCUT2D eigenvalue weighted by atomic mass is 16.3. The molecule has 6 nitrogen and oxygen atoms in total. The van der Waals surface area contributed by atoms with Crippen molar-refractivity contribution in [2.45, 2.75) is 19.3 Å². The third kappa shape index (κ3) is 4.64. The number of furan rings is 1. The Hall–Kier alpha value is -6.66. The first-order valence-corrected chi connectivity index (χ1v) is 16.8. The molecule has 7 aromatic carbocycles. The number of nitrogens with zero attached hydrogens (tertiary/aromatic N) is 1. The van der Waals surface area contributed by atoms with E-state index in [1.807, 2.05) is 78.9 Å². The lowest BCUT2D eigenvalue weighted by Gasteiger charge is -2.29. The molecule has 8 aromatic rings. The predicted molar refractivity (Wildman–Crippen MR) is 203 cm³/mol. The van der Waals surface area contributed by atoms with E-state index in [1.54, 1.807) is 4.90 Å². The van der Waals surface area contributed by atoms with E-state index >= 15 is 0 Å². The summed E-state index contributed by atoms with van der Waals surface area (Å²) < 4.78 is 6.38. The Kier molecular flexibility index (Phi) is 6.67. The second kappa shape index (κ2) is 11.2. The number of hydrogen-bond acceptors (Lipinski definition) is 6. The number of hydrogen-bond donors (Lipinski definition) is 4. The van der Waals surface area contributed by atoms with Crippen LogP contribution in [0.5, 0.6) is 23.0 Å². The Morgan fingerprint density at radius 2 is 1.12 bits per heavy atom. The van der Waals surface area contributed by atoms with Crippen LogP contribution in [0.25, 0.3) is 55.3 Å². The van der Waals surface area contributed by atoms with Crippen molar-refractivity contribution in [2.24, 2.45) is 0 Å². The van der Waals surface area contributed by atoms with Crippen molar-refractivity contribution >= 4 is 39.0 Å². The Bertz CT molecular complexity index is 2660. The van der Waals surface area contributed by atoms with Gasteiger partial charge in [0.15, 0.2) is 11.5 Å². The topological polar surface area (TPSA) is 97.3 Å². The van der Waals surface area contributed by atoms with Gasteiger partial charge in [-0.3, -0.25) is 0 Å². The van der Waals surface area contributed by atoms with Crippen LogP contribution in [0.2, 0.25) is 0 Å². The molecular weight excluding hydrogens is 634 g/mol. The van der Waals surface area contributed by atoms with Crippen LogP contribution >= 0.6 is 0 Å². The standard InChI is InChI=1S/C45H33NO5/c1-45(2)36-23-28(31-12-8-13-35-34-11-6-7-14-40(34)51-44(31)35)17-21-32(36)33-22-20-30(24-37(33)45)46(41-38(47)25-39(48)42(49)43(41)50)29-18-15-27(16-19-29)26-9-4-3-5-10-26/h3-25,47-50H,1-2H3. The van der Waals surface area contributed by atoms with Crippen LogP contribution in [-0.2, 0) is 5.41 Å². The molecule has 6 heteroatoms. The van der Waals surface area contributed by atoms with Crippen LogP contribution in [0.4, 0.5) is 17.1 Å². The van der Waals surface area contributed by atoms with Gasteiger partial charge < -0.3 is 29.7 Å². The van der Waals surface area contributed by atoms with Gasteiger partial charge in [0.25, 0.3) is 0 Å². The maximum atomic E-state index is 11.2. The molecule has 0 bridgehead atoms. The van der Waals surface area contributed by atoms with Gasteiger partial charge in [0, 0.05) is 39.2 Å². The predicted octanol–water partition coefficient (Wildman–Crippen LogP) is 11.5. The zero-order valence-electron chi connectivity index (χ0n) is 27.9. The number of aromatic hydroxyl groups is 4. The van der Waals surface area contributed by atoms with E-state index in [-0.39, 0.29) is 11.4 Å². The molecule has 1 aromatic heterocycles. The van der Waals surface area contributed by atoms with Crippen molar-refractivity contribution in [3.05, 3.63) is 151 Å². The lowest BCUT2D eigenvalue weighted by Crippen LogP contribution is -2.17. The molecule has 0 aliphatic heterocycles. The fraction of sp³-hybridized carbons (Fsp3) is 0.0667. The summed E-state index contributed by atoms with van der Waals surface area (Å²) >= 11 is 0. The summed E-state index contributed by atoms with van der Waals surface area (Å²) in [4.78, 5) is 1.70. The maximum absolute atomic E-state index is 11.2. The summed E-state index contributed by atoms with van der Waals surface area (Å²) in [6, 6.07) is 45.9. The van der Waals surface area contributed by atoms with Gasteiger partial charge in [-0.25, -0.2) is 0 Å². The molecule has 0 saturated carbocycles. The lowest BCUT2D eigenvalue weighted by molar-refractivity contribution is 0.362. The number of benzene rings is 7. The van der Waals surface area contributed by atoms with E-state index in [2.05, 4.69) is 68.4 Å². The molecule has 0 saturated heterocycles. The lowest BCUT2D eigenvalue weighted by atomic mass is 9.81. The van der Waals surface area contributed by atoms with E-state index in [4.69, 9.17) is 4.42 Å². The smallest absolute Gasteiger partial charge is 0.202 e. The molecule has 0 atom stereocenters. The Morgan fingerprint density at radius 1 is 0.490 bits per heavy atom. The minimum Gasteiger partial charge on any atom is -0.505 e. The van der Waals surface area contributed by atoms with Gasteiger partial charge in [-0.2, -0.15) is 0 Å². The monoisotopic (exact) mass is 667 g/mol. The molecule has 9 rings (SSSR count). The zero-order chi connectivity index (χ0) is 35.0.